The van der Waals surface area contributed by atoms with Crippen molar-refractivity contribution in [3.8, 4) is 0 Å². The number of amides is 1. The molecule has 7 heteroatoms. The summed E-state index contributed by atoms with van der Waals surface area (Å²) in [6.45, 7) is 5.45. The zero-order valence-electron chi connectivity index (χ0n) is 13.5. The molecular formula is C16H19ClN4O2. The third kappa shape index (κ3) is 5.10. The van der Waals surface area contributed by atoms with Crippen molar-refractivity contribution in [3.05, 3.63) is 41.8 Å². The Labute approximate surface area is 140 Å². The molecule has 1 amide bonds. The molecule has 0 radical (unpaired) electrons. The maximum absolute atomic E-state index is 11.7. The largest absolute Gasteiger partial charge is 0.444 e. The van der Waals surface area contributed by atoms with Crippen LogP contribution >= 0.6 is 11.6 Å². The van der Waals surface area contributed by atoms with Crippen LogP contribution in [0.5, 0.6) is 0 Å². The average Bonchev–Trinajstić information content (AvgIpc) is 2.45. The third-order valence-electron chi connectivity index (χ3n) is 2.86. The highest BCUT2D eigenvalue weighted by Gasteiger charge is 2.16. The van der Waals surface area contributed by atoms with E-state index in [1.165, 1.54) is 0 Å². The predicted octanol–water partition coefficient (Wildman–Crippen LogP) is 4.24. The van der Waals surface area contributed by atoms with E-state index >= 15 is 0 Å². The molecule has 1 N–H and O–H groups in total. The first kappa shape index (κ1) is 17.0. The van der Waals surface area contributed by atoms with E-state index < -0.39 is 11.7 Å². The molecule has 23 heavy (non-hydrogen) atoms. The number of benzene rings is 1. The molecule has 122 valence electrons. The number of anilines is 3. The zero-order chi connectivity index (χ0) is 17.0. The van der Waals surface area contributed by atoms with E-state index in [1.54, 1.807) is 24.4 Å². The van der Waals surface area contributed by atoms with Gasteiger partial charge in [0, 0.05) is 24.6 Å². The van der Waals surface area contributed by atoms with Gasteiger partial charge < -0.3 is 9.64 Å². The maximum Gasteiger partial charge on any atom is 0.412 e. The Morgan fingerprint density at radius 3 is 2.43 bits per heavy atom. The molecule has 0 unspecified atom stereocenters. The van der Waals surface area contributed by atoms with E-state index in [0.717, 1.165) is 5.69 Å². The molecule has 0 saturated heterocycles. The Morgan fingerprint density at radius 1 is 1.22 bits per heavy atom. The number of nitrogens with zero attached hydrogens (tertiary/aromatic N) is 3. The van der Waals surface area contributed by atoms with E-state index in [0.29, 0.717) is 11.5 Å². The molecule has 0 aliphatic heterocycles. The van der Waals surface area contributed by atoms with Gasteiger partial charge in [-0.15, -0.1) is 0 Å². The van der Waals surface area contributed by atoms with E-state index in [4.69, 9.17) is 16.3 Å². The highest BCUT2D eigenvalue weighted by atomic mass is 35.5. The lowest BCUT2D eigenvalue weighted by Crippen LogP contribution is -2.27. The normalized spacial score (nSPS) is 11.0. The van der Waals surface area contributed by atoms with Crippen LogP contribution in [0.4, 0.5) is 22.0 Å². The van der Waals surface area contributed by atoms with Crippen LogP contribution in [0.3, 0.4) is 0 Å². The summed E-state index contributed by atoms with van der Waals surface area (Å²) < 4.78 is 5.21. The van der Waals surface area contributed by atoms with Crippen LogP contribution in [-0.2, 0) is 4.74 Å². The zero-order valence-corrected chi connectivity index (χ0v) is 14.3. The number of ether oxygens (including phenoxy) is 1. The summed E-state index contributed by atoms with van der Waals surface area (Å²) >= 11 is 5.80. The Kier molecular flexibility index (Phi) is 5.05. The topological polar surface area (TPSA) is 67.4 Å². The molecule has 0 fully saturated rings. The van der Waals surface area contributed by atoms with Crippen molar-refractivity contribution >= 4 is 34.9 Å². The Morgan fingerprint density at radius 2 is 1.87 bits per heavy atom. The van der Waals surface area contributed by atoms with Crippen molar-refractivity contribution in [2.75, 3.05) is 17.3 Å². The summed E-state index contributed by atoms with van der Waals surface area (Å²) in [5.41, 5.74) is 1.02. The monoisotopic (exact) mass is 334 g/mol. The maximum atomic E-state index is 11.7. The molecule has 1 heterocycles. The van der Waals surface area contributed by atoms with Crippen molar-refractivity contribution in [3.63, 3.8) is 0 Å². The average molecular weight is 335 g/mol. The van der Waals surface area contributed by atoms with Crippen LogP contribution in [0.25, 0.3) is 0 Å². The van der Waals surface area contributed by atoms with E-state index in [2.05, 4.69) is 15.3 Å². The standard InChI is InChI=1S/C16H19ClN4O2/c1-16(2,3)23-15(22)19-11-5-7-12(8-6-11)21(4)13-9-10-18-14(17)20-13/h5-10H,1-4H3,(H,19,22). The first-order chi connectivity index (χ1) is 10.7. The van der Waals surface area contributed by atoms with Gasteiger partial charge in [-0.05, 0) is 62.7 Å². The van der Waals surface area contributed by atoms with Crippen LogP contribution in [0.15, 0.2) is 36.5 Å². The number of rotatable bonds is 3. The molecular weight excluding hydrogens is 316 g/mol. The number of halogens is 1. The molecule has 2 rings (SSSR count). The number of hydrogen-bond acceptors (Lipinski definition) is 5. The summed E-state index contributed by atoms with van der Waals surface area (Å²) in [6, 6.07) is 9.07. The third-order valence-corrected chi connectivity index (χ3v) is 3.04. The minimum absolute atomic E-state index is 0.192. The summed E-state index contributed by atoms with van der Waals surface area (Å²) in [5, 5.41) is 2.88. The Balaban J connectivity index is 2.06. The van der Waals surface area contributed by atoms with E-state index in [1.807, 2.05) is 44.9 Å². The fourth-order valence-electron chi connectivity index (χ4n) is 1.84. The van der Waals surface area contributed by atoms with Crippen LogP contribution in [0.1, 0.15) is 20.8 Å². The summed E-state index contributed by atoms with van der Waals surface area (Å²) in [6.07, 6.45) is 1.11. The molecule has 6 nitrogen and oxygen atoms in total. The Bertz CT molecular complexity index is 683. The van der Waals surface area contributed by atoms with E-state index in [9.17, 15) is 4.79 Å². The molecule has 0 bridgehead atoms. The van der Waals surface area contributed by atoms with Gasteiger partial charge in [0.15, 0.2) is 0 Å². The molecule has 0 saturated carbocycles. The second-order valence-electron chi connectivity index (χ2n) is 5.92. The predicted molar refractivity (Wildman–Crippen MR) is 91.4 cm³/mol. The first-order valence-corrected chi connectivity index (χ1v) is 7.45. The second-order valence-corrected chi connectivity index (χ2v) is 6.25. The van der Waals surface area contributed by atoms with Gasteiger partial charge in [0.2, 0.25) is 5.28 Å². The van der Waals surface area contributed by atoms with E-state index in [-0.39, 0.29) is 5.28 Å². The number of aromatic nitrogens is 2. The molecule has 0 aliphatic rings. The highest BCUT2D eigenvalue weighted by Crippen LogP contribution is 2.24. The van der Waals surface area contributed by atoms with Gasteiger partial charge in [0.1, 0.15) is 11.4 Å². The molecule has 1 aromatic carbocycles. The lowest BCUT2D eigenvalue weighted by atomic mass is 10.2. The minimum atomic E-state index is -0.531. The van der Waals surface area contributed by atoms with Crippen molar-refractivity contribution in [2.24, 2.45) is 0 Å². The fourth-order valence-corrected chi connectivity index (χ4v) is 1.98. The van der Waals surface area contributed by atoms with Gasteiger partial charge in [-0.3, -0.25) is 5.32 Å². The SMILES string of the molecule is CN(c1ccc(NC(=O)OC(C)(C)C)cc1)c1ccnc(Cl)n1. The molecule has 1 aromatic heterocycles. The van der Waals surface area contributed by atoms with Crippen LogP contribution < -0.4 is 10.2 Å². The second kappa shape index (κ2) is 6.83. The van der Waals surface area contributed by atoms with Crippen LogP contribution in [0, 0.1) is 0 Å². The number of nitrogens with one attached hydrogen (secondary N) is 1. The minimum Gasteiger partial charge on any atom is -0.444 e. The summed E-state index contributed by atoms with van der Waals surface area (Å²) in [7, 11) is 1.87. The van der Waals surface area contributed by atoms with Crippen LogP contribution in [-0.4, -0.2) is 28.7 Å². The van der Waals surface area contributed by atoms with Crippen LogP contribution in [0.2, 0.25) is 5.28 Å². The quantitative estimate of drug-likeness (QED) is 0.850. The fraction of sp³-hybridized carbons (Fsp3) is 0.312. The van der Waals surface area contributed by atoms with Gasteiger partial charge in [-0.25, -0.2) is 14.8 Å². The van der Waals surface area contributed by atoms with Gasteiger partial charge in [-0.1, -0.05) is 0 Å². The lowest BCUT2D eigenvalue weighted by molar-refractivity contribution is 0.0636. The smallest absolute Gasteiger partial charge is 0.412 e. The Hall–Kier alpha value is -2.34. The van der Waals surface area contributed by atoms with Crippen molar-refractivity contribution < 1.29 is 9.53 Å². The molecule has 0 spiro atoms. The van der Waals surface area contributed by atoms with Gasteiger partial charge in [-0.2, -0.15) is 0 Å². The van der Waals surface area contributed by atoms with Crippen molar-refractivity contribution in [2.45, 2.75) is 26.4 Å². The lowest BCUT2D eigenvalue weighted by Gasteiger charge is -2.20. The molecule has 2 aromatic rings. The summed E-state index contributed by atoms with van der Waals surface area (Å²) in [4.78, 5) is 21.6. The highest BCUT2D eigenvalue weighted by molar-refractivity contribution is 6.28. The van der Waals surface area contributed by atoms with Gasteiger partial charge in [0.25, 0.3) is 0 Å². The van der Waals surface area contributed by atoms with Crippen molar-refractivity contribution in [1.29, 1.82) is 0 Å². The summed E-state index contributed by atoms with van der Waals surface area (Å²) in [5.74, 6) is 0.679. The van der Waals surface area contributed by atoms with Crippen molar-refractivity contribution in [1.82, 2.24) is 9.97 Å². The number of carbonyl (C=O) groups is 1. The molecule has 0 aliphatic carbocycles. The molecule has 0 atom stereocenters. The number of carbonyl (C=O) groups excluding carboxylic acids is 1. The van der Waals surface area contributed by atoms with Gasteiger partial charge in [0.05, 0.1) is 0 Å². The first-order valence-electron chi connectivity index (χ1n) is 7.07. The number of hydrogen-bond donors (Lipinski definition) is 1. The van der Waals surface area contributed by atoms with Gasteiger partial charge >= 0.3 is 6.09 Å².